The average Bonchev–Trinajstić information content (AvgIpc) is 3.40. The van der Waals surface area contributed by atoms with Gasteiger partial charge in [-0.05, 0) is 30.0 Å². The van der Waals surface area contributed by atoms with Crippen LogP contribution in [0.5, 0.6) is 0 Å². The van der Waals surface area contributed by atoms with Gasteiger partial charge in [0.15, 0.2) is 10.8 Å². The highest BCUT2D eigenvalue weighted by Gasteiger charge is 2.48. The fourth-order valence-electron chi connectivity index (χ4n) is 3.45. The van der Waals surface area contributed by atoms with Crippen molar-refractivity contribution in [1.29, 1.82) is 0 Å². The van der Waals surface area contributed by atoms with Crippen LogP contribution >= 0.6 is 11.8 Å². The number of carbonyl (C=O) groups is 4. The molecule has 0 bridgehead atoms. The number of amides is 5. The maximum absolute atomic E-state index is 12.9. The molecule has 146 valence electrons. The summed E-state index contributed by atoms with van der Waals surface area (Å²) in [7, 11) is 3.03. The Labute approximate surface area is 165 Å². The second kappa shape index (κ2) is 6.93. The summed E-state index contributed by atoms with van der Waals surface area (Å²) >= 11 is 1.17. The number of furan rings is 1. The van der Waals surface area contributed by atoms with E-state index in [9.17, 15) is 19.2 Å². The molecule has 0 N–H and O–H groups in total. The number of rotatable bonds is 2. The van der Waals surface area contributed by atoms with Gasteiger partial charge in [0, 0.05) is 26.2 Å². The second-order valence-corrected chi connectivity index (χ2v) is 7.81. The quantitative estimate of drug-likeness (QED) is 0.666. The van der Waals surface area contributed by atoms with Crippen molar-refractivity contribution in [3.05, 3.63) is 35.1 Å². The molecule has 4 rings (SSSR count). The lowest BCUT2D eigenvalue weighted by Gasteiger charge is -2.34. The molecule has 0 spiro atoms. The highest BCUT2D eigenvalue weighted by atomic mass is 32.2. The van der Waals surface area contributed by atoms with Crippen molar-refractivity contribution in [2.75, 3.05) is 40.3 Å². The number of piperazine rings is 1. The maximum atomic E-state index is 12.9. The summed E-state index contributed by atoms with van der Waals surface area (Å²) in [6.45, 7) is 1.60. The van der Waals surface area contributed by atoms with E-state index >= 15 is 0 Å². The van der Waals surface area contributed by atoms with Crippen molar-refractivity contribution in [2.24, 2.45) is 5.92 Å². The first-order valence-corrected chi connectivity index (χ1v) is 9.64. The first kappa shape index (κ1) is 18.5. The van der Waals surface area contributed by atoms with Crippen LogP contribution in [0.15, 0.2) is 33.8 Å². The number of nitrogens with zero attached hydrogens (tertiary/aromatic N) is 4. The lowest BCUT2D eigenvalue weighted by atomic mass is 10.1. The van der Waals surface area contributed by atoms with Crippen LogP contribution in [0, 0.1) is 5.92 Å². The van der Waals surface area contributed by atoms with Gasteiger partial charge >= 0.3 is 11.9 Å². The molecular weight excluding hydrogens is 384 g/mol. The molecule has 28 heavy (non-hydrogen) atoms. The lowest BCUT2D eigenvalue weighted by molar-refractivity contribution is -0.403. The van der Waals surface area contributed by atoms with Crippen LogP contribution in [-0.4, -0.2) is 88.3 Å². The largest absolute Gasteiger partial charge is 0.500 e. The van der Waals surface area contributed by atoms with E-state index in [2.05, 4.69) is 0 Å². The van der Waals surface area contributed by atoms with Crippen molar-refractivity contribution in [3.8, 4) is 0 Å². The van der Waals surface area contributed by atoms with Crippen LogP contribution in [0.1, 0.15) is 10.6 Å². The minimum atomic E-state index is -0.599. The Morgan fingerprint density at radius 3 is 2.39 bits per heavy atom. The summed E-state index contributed by atoms with van der Waals surface area (Å²) in [5.41, 5.74) is 0. The molecule has 0 aromatic carbocycles. The van der Waals surface area contributed by atoms with Crippen LogP contribution in [0.2, 0.25) is 0 Å². The Bertz CT molecular complexity index is 928. The average molecular weight is 403 g/mol. The van der Waals surface area contributed by atoms with Crippen LogP contribution in [0.25, 0.3) is 0 Å². The zero-order valence-corrected chi connectivity index (χ0v) is 16.3. The predicted octanol–water partition coefficient (Wildman–Crippen LogP) is 0.444. The Morgan fingerprint density at radius 2 is 1.79 bits per heavy atom. The van der Waals surface area contributed by atoms with Crippen LogP contribution in [-0.2, 0) is 9.59 Å². The zero-order valence-electron chi connectivity index (χ0n) is 15.5. The molecule has 3 aliphatic rings. The molecular formula is C18H19N4O5S+. The van der Waals surface area contributed by atoms with Gasteiger partial charge in [-0.15, -0.1) is 0 Å². The van der Waals surface area contributed by atoms with E-state index in [1.54, 1.807) is 35.1 Å². The summed E-state index contributed by atoms with van der Waals surface area (Å²) < 4.78 is 6.55. The molecule has 3 aliphatic heterocycles. The van der Waals surface area contributed by atoms with Gasteiger partial charge in [0.05, 0.1) is 25.3 Å². The Hall–Kier alpha value is -2.88. The van der Waals surface area contributed by atoms with Gasteiger partial charge in [-0.1, -0.05) is 0 Å². The molecule has 9 nitrogen and oxygen atoms in total. The molecule has 1 aromatic heterocycles. The Balaban J connectivity index is 1.43. The summed E-state index contributed by atoms with van der Waals surface area (Å²) in [6.07, 6.45) is 3.08. The molecule has 0 aliphatic carbocycles. The maximum Gasteiger partial charge on any atom is 0.500 e. The third-order valence-electron chi connectivity index (χ3n) is 5.10. The number of fused-ring (bicyclic) bond motifs is 1. The predicted molar refractivity (Wildman–Crippen MR) is 99.7 cm³/mol. The van der Waals surface area contributed by atoms with Crippen LogP contribution in [0.3, 0.4) is 0 Å². The molecule has 1 atom stereocenters. The van der Waals surface area contributed by atoms with E-state index in [1.807, 2.05) is 0 Å². The van der Waals surface area contributed by atoms with Gasteiger partial charge in [0.1, 0.15) is 5.92 Å². The normalized spacial score (nSPS) is 22.6. The summed E-state index contributed by atoms with van der Waals surface area (Å²) in [4.78, 5) is 54.5. The Kier molecular flexibility index (Phi) is 4.58. The SMILES string of the molecule is CN1C(=O)C2C=C(C(=O)N3CCN(C(=O)c4ccco4)CC3)SC2=[N+](C)C1=O. The molecule has 1 fully saturated rings. The third kappa shape index (κ3) is 2.93. The monoisotopic (exact) mass is 403 g/mol. The molecule has 10 heteroatoms. The van der Waals surface area contributed by atoms with Crippen LogP contribution in [0.4, 0.5) is 4.79 Å². The van der Waals surface area contributed by atoms with E-state index in [0.29, 0.717) is 36.1 Å². The molecule has 5 amide bonds. The lowest BCUT2D eigenvalue weighted by Crippen LogP contribution is -2.50. The van der Waals surface area contributed by atoms with Gasteiger partial charge < -0.3 is 14.2 Å². The van der Waals surface area contributed by atoms with Crippen molar-refractivity contribution in [1.82, 2.24) is 14.7 Å². The third-order valence-corrected chi connectivity index (χ3v) is 6.36. The zero-order chi connectivity index (χ0) is 20.0. The van der Waals surface area contributed by atoms with Gasteiger partial charge in [-0.25, -0.2) is 4.79 Å². The van der Waals surface area contributed by atoms with Gasteiger partial charge in [-0.2, -0.15) is 14.3 Å². The molecule has 0 radical (unpaired) electrons. The smallest absolute Gasteiger partial charge is 0.459 e. The van der Waals surface area contributed by atoms with E-state index < -0.39 is 11.9 Å². The van der Waals surface area contributed by atoms with E-state index in [1.165, 1.54) is 29.6 Å². The number of imide groups is 1. The van der Waals surface area contributed by atoms with Gasteiger partial charge in [-0.3, -0.25) is 9.59 Å². The molecule has 1 unspecified atom stereocenters. The molecule has 4 heterocycles. The number of hydrogen-bond donors (Lipinski definition) is 0. The van der Waals surface area contributed by atoms with Crippen molar-refractivity contribution in [3.63, 3.8) is 0 Å². The minimum absolute atomic E-state index is 0.187. The second-order valence-electron chi connectivity index (χ2n) is 6.75. The molecule has 1 aromatic rings. The van der Waals surface area contributed by atoms with E-state index in [4.69, 9.17) is 4.42 Å². The standard InChI is InChI=1S/C18H19N4O5S/c1-19-14(23)11-10-13(28-17(11)20(2)18(19)26)16(25)22-7-5-21(6-8-22)15(24)12-4-3-9-27-12/h3-4,9-11H,5-8H2,1-2H3/q+1. The summed E-state index contributed by atoms with van der Waals surface area (Å²) in [5, 5.41) is 0.558. The van der Waals surface area contributed by atoms with Crippen molar-refractivity contribution in [2.45, 2.75) is 0 Å². The number of urea groups is 1. The number of carbonyl (C=O) groups excluding carboxylic acids is 4. The highest BCUT2D eigenvalue weighted by molar-refractivity contribution is 8.18. The summed E-state index contributed by atoms with van der Waals surface area (Å²) in [5.74, 6) is -1.03. The fraction of sp³-hybridized carbons (Fsp3) is 0.389. The van der Waals surface area contributed by atoms with Gasteiger partial charge in [0.25, 0.3) is 11.8 Å². The number of thioether (sulfide) groups is 1. The minimum Gasteiger partial charge on any atom is -0.459 e. The van der Waals surface area contributed by atoms with E-state index in [0.717, 1.165) is 4.90 Å². The van der Waals surface area contributed by atoms with E-state index in [-0.39, 0.29) is 23.5 Å². The fourth-order valence-corrected chi connectivity index (χ4v) is 4.61. The first-order valence-electron chi connectivity index (χ1n) is 8.82. The first-order chi connectivity index (χ1) is 13.4. The molecule has 0 saturated carbocycles. The number of hydrogen-bond acceptors (Lipinski definition) is 6. The van der Waals surface area contributed by atoms with Crippen molar-refractivity contribution < 1.29 is 28.2 Å². The van der Waals surface area contributed by atoms with Crippen molar-refractivity contribution >= 4 is 40.6 Å². The summed E-state index contributed by atoms with van der Waals surface area (Å²) in [6, 6.07) is 2.87. The topological polar surface area (TPSA) is 94.2 Å². The Morgan fingerprint density at radius 1 is 1.14 bits per heavy atom. The highest BCUT2D eigenvalue weighted by Crippen LogP contribution is 2.36. The van der Waals surface area contributed by atoms with Gasteiger partial charge in [0.2, 0.25) is 0 Å². The molecule has 1 saturated heterocycles. The van der Waals surface area contributed by atoms with Crippen LogP contribution < -0.4 is 0 Å².